The van der Waals surface area contributed by atoms with Crippen molar-refractivity contribution < 1.29 is 4.43 Å². The van der Waals surface area contributed by atoms with Crippen LogP contribution in [0.15, 0.2) is 0 Å². The average Bonchev–Trinajstić information content (AvgIpc) is 2.29. The van der Waals surface area contributed by atoms with Gasteiger partial charge in [0, 0.05) is 6.04 Å². The highest BCUT2D eigenvalue weighted by Gasteiger charge is 2.42. The summed E-state index contributed by atoms with van der Waals surface area (Å²) < 4.78 is 6.47. The standard InChI is InChI=1S/C16H34N2OSi/c1-8-9-10-13-11-12(2)14(15(17)18-13)19-20(6,7)16(3,4)5/h12-14H,8-11H2,1-7H3,(H2,17,18). The second-order valence-electron chi connectivity index (χ2n) is 7.91. The van der Waals surface area contributed by atoms with Crippen molar-refractivity contribution in [2.45, 2.75) is 90.6 Å². The van der Waals surface area contributed by atoms with Crippen molar-refractivity contribution in [3.8, 4) is 0 Å². The lowest BCUT2D eigenvalue weighted by atomic mass is 9.89. The van der Waals surface area contributed by atoms with Gasteiger partial charge in [0.05, 0.1) is 0 Å². The minimum atomic E-state index is -1.80. The van der Waals surface area contributed by atoms with Gasteiger partial charge in [-0.05, 0) is 36.9 Å². The predicted octanol–water partition coefficient (Wildman–Crippen LogP) is 4.54. The number of piperidine rings is 1. The molecule has 0 aliphatic carbocycles. The minimum absolute atomic E-state index is 0.0335. The zero-order chi connectivity index (χ0) is 15.6. The van der Waals surface area contributed by atoms with E-state index in [2.05, 4.69) is 53.0 Å². The van der Waals surface area contributed by atoms with Gasteiger partial charge < -0.3 is 9.74 Å². The van der Waals surface area contributed by atoms with Crippen LogP contribution in [0, 0.1) is 11.3 Å². The van der Waals surface area contributed by atoms with Crippen LogP contribution in [-0.4, -0.2) is 26.3 Å². The number of hydrogen-bond acceptors (Lipinski definition) is 2. The van der Waals surface area contributed by atoms with Crippen LogP contribution in [0.1, 0.15) is 60.3 Å². The van der Waals surface area contributed by atoms with Gasteiger partial charge in [0.2, 0.25) is 0 Å². The lowest BCUT2D eigenvalue weighted by Crippen LogP contribution is -2.56. The van der Waals surface area contributed by atoms with Crippen molar-refractivity contribution >= 4 is 14.2 Å². The maximum Gasteiger partial charge on any atom is 0.193 e. The van der Waals surface area contributed by atoms with Crippen LogP contribution in [0.25, 0.3) is 0 Å². The summed E-state index contributed by atoms with van der Waals surface area (Å²) in [7, 11) is -1.80. The van der Waals surface area contributed by atoms with Crippen LogP contribution in [-0.2, 0) is 4.43 Å². The van der Waals surface area contributed by atoms with E-state index in [-0.39, 0.29) is 11.1 Å². The van der Waals surface area contributed by atoms with E-state index in [4.69, 9.17) is 9.84 Å². The van der Waals surface area contributed by atoms with Crippen LogP contribution < -0.4 is 5.32 Å². The normalized spacial score (nSPS) is 28.4. The van der Waals surface area contributed by atoms with Gasteiger partial charge in [0.25, 0.3) is 0 Å². The summed E-state index contributed by atoms with van der Waals surface area (Å²) in [6.45, 7) is 15.8. The third kappa shape index (κ3) is 4.32. The number of rotatable bonds is 5. The largest absolute Gasteiger partial charge is 0.407 e. The van der Waals surface area contributed by atoms with Gasteiger partial charge >= 0.3 is 0 Å². The highest BCUT2D eigenvalue weighted by Crippen LogP contribution is 2.39. The maximum absolute atomic E-state index is 8.31. The van der Waals surface area contributed by atoms with Crippen molar-refractivity contribution in [2.24, 2.45) is 5.92 Å². The summed E-state index contributed by atoms with van der Waals surface area (Å²) in [5, 5.41) is 11.9. The molecule has 2 N–H and O–H groups in total. The molecule has 0 radical (unpaired) electrons. The molecule has 0 aromatic rings. The Morgan fingerprint density at radius 2 is 1.95 bits per heavy atom. The fraction of sp³-hybridized carbons (Fsp3) is 0.938. The van der Waals surface area contributed by atoms with Crippen LogP contribution in [0.3, 0.4) is 0 Å². The van der Waals surface area contributed by atoms with Gasteiger partial charge in [0.1, 0.15) is 11.9 Å². The fourth-order valence-corrected chi connectivity index (χ4v) is 3.87. The second-order valence-corrected chi connectivity index (χ2v) is 12.7. The summed E-state index contributed by atoms with van der Waals surface area (Å²) in [4.78, 5) is 0. The van der Waals surface area contributed by atoms with E-state index in [9.17, 15) is 0 Å². The van der Waals surface area contributed by atoms with E-state index in [0.29, 0.717) is 17.8 Å². The monoisotopic (exact) mass is 298 g/mol. The molecule has 0 amide bonds. The lowest BCUT2D eigenvalue weighted by molar-refractivity contribution is 0.149. The Bertz CT molecular complexity index is 336. The number of unbranched alkanes of at least 4 members (excludes halogenated alkanes) is 1. The van der Waals surface area contributed by atoms with Crippen LogP contribution >= 0.6 is 0 Å². The van der Waals surface area contributed by atoms with E-state index in [0.717, 1.165) is 6.42 Å². The minimum Gasteiger partial charge on any atom is -0.407 e. The van der Waals surface area contributed by atoms with Crippen molar-refractivity contribution in [1.82, 2.24) is 5.32 Å². The summed E-state index contributed by atoms with van der Waals surface area (Å²) in [5.41, 5.74) is 0. The molecule has 0 bridgehead atoms. The zero-order valence-corrected chi connectivity index (χ0v) is 15.5. The summed E-state index contributed by atoms with van der Waals surface area (Å²) in [6.07, 6.45) is 4.74. The highest BCUT2D eigenvalue weighted by atomic mass is 28.4. The molecule has 4 heteroatoms. The quantitative estimate of drug-likeness (QED) is 0.732. The zero-order valence-electron chi connectivity index (χ0n) is 14.5. The Balaban J connectivity index is 2.67. The first kappa shape index (κ1) is 17.7. The first-order chi connectivity index (χ1) is 9.08. The molecule has 3 atom stereocenters. The molecule has 3 unspecified atom stereocenters. The lowest BCUT2D eigenvalue weighted by Gasteiger charge is -2.44. The van der Waals surface area contributed by atoms with E-state index in [1.54, 1.807) is 0 Å². The molecule has 1 saturated heterocycles. The first-order valence-corrected chi connectivity index (χ1v) is 11.0. The van der Waals surface area contributed by atoms with Crippen LogP contribution in [0.4, 0.5) is 0 Å². The van der Waals surface area contributed by atoms with Crippen molar-refractivity contribution in [2.75, 3.05) is 0 Å². The molecular weight excluding hydrogens is 264 g/mol. The SMILES string of the molecule is CCCCC1CC(C)C(O[Si](C)(C)C(C)(C)C)C(=N)N1. The van der Waals surface area contributed by atoms with Gasteiger partial charge in [-0.15, -0.1) is 0 Å². The summed E-state index contributed by atoms with van der Waals surface area (Å²) in [6, 6.07) is 0.469. The van der Waals surface area contributed by atoms with Crippen molar-refractivity contribution in [3.05, 3.63) is 0 Å². The van der Waals surface area contributed by atoms with Crippen molar-refractivity contribution in [3.63, 3.8) is 0 Å². The fourth-order valence-electron chi connectivity index (χ4n) is 2.53. The van der Waals surface area contributed by atoms with Gasteiger partial charge in [-0.25, -0.2) is 0 Å². The highest BCUT2D eigenvalue weighted by molar-refractivity contribution is 6.74. The maximum atomic E-state index is 8.31. The molecule has 1 heterocycles. The predicted molar refractivity (Wildman–Crippen MR) is 90.0 cm³/mol. The smallest absolute Gasteiger partial charge is 0.193 e. The summed E-state index contributed by atoms with van der Waals surface area (Å²) >= 11 is 0. The molecule has 0 spiro atoms. The Morgan fingerprint density at radius 1 is 1.35 bits per heavy atom. The average molecular weight is 299 g/mol. The molecule has 20 heavy (non-hydrogen) atoms. The van der Waals surface area contributed by atoms with Gasteiger partial charge in [0.15, 0.2) is 8.32 Å². The third-order valence-corrected chi connectivity index (χ3v) is 9.41. The van der Waals surface area contributed by atoms with E-state index in [1.807, 2.05) is 0 Å². The number of hydrogen-bond donors (Lipinski definition) is 2. The molecule has 0 saturated carbocycles. The Labute approximate surface area is 126 Å². The third-order valence-electron chi connectivity index (χ3n) is 4.95. The molecule has 1 rings (SSSR count). The van der Waals surface area contributed by atoms with E-state index < -0.39 is 8.32 Å². The summed E-state index contributed by atoms with van der Waals surface area (Å²) in [5.74, 6) is 1.05. The Morgan fingerprint density at radius 3 is 2.40 bits per heavy atom. The molecule has 0 aromatic heterocycles. The molecule has 1 aliphatic heterocycles. The van der Waals surface area contributed by atoms with Crippen molar-refractivity contribution in [1.29, 1.82) is 5.41 Å². The molecule has 0 aromatic carbocycles. The van der Waals surface area contributed by atoms with Crippen LogP contribution in [0.5, 0.6) is 0 Å². The van der Waals surface area contributed by atoms with Gasteiger partial charge in [-0.3, -0.25) is 5.41 Å². The van der Waals surface area contributed by atoms with E-state index in [1.165, 1.54) is 19.3 Å². The second kappa shape index (κ2) is 6.61. The van der Waals surface area contributed by atoms with Gasteiger partial charge in [-0.2, -0.15) is 0 Å². The molecule has 118 valence electrons. The number of amidine groups is 1. The number of nitrogens with one attached hydrogen (secondary N) is 2. The molecule has 3 nitrogen and oxygen atoms in total. The molecular formula is C16H34N2OSi. The molecule has 1 fully saturated rings. The Kier molecular flexibility index (Phi) is 5.85. The van der Waals surface area contributed by atoms with E-state index >= 15 is 0 Å². The molecule has 1 aliphatic rings. The first-order valence-electron chi connectivity index (χ1n) is 8.11. The van der Waals surface area contributed by atoms with Crippen LogP contribution in [0.2, 0.25) is 18.1 Å². The Hall–Kier alpha value is -0.353. The van der Waals surface area contributed by atoms with Gasteiger partial charge in [-0.1, -0.05) is 47.5 Å². The topological polar surface area (TPSA) is 45.1 Å².